The first-order valence-electron chi connectivity index (χ1n) is 6.30. The van der Waals surface area contributed by atoms with E-state index in [9.17, 15) is 0 Å². The van der Waals surface area contributed by atoms with Crippen molar-refractivity contribution < 1.29 is 4.74 Å². The van der Waals surface area contributed by atoms with Crippen LogP contribution in [0.3, 0.4) is 0 Å². The molecule has 94 valence electrons. The van der Waals surface area contributed by atoms with Gasteiger partial charge in [0.15, 0.2) is 0 Å². The average Bonchev–Trinajstić information content (AvgIpc) is 3.08. The molecule has 0 unspecified atom stereocenters. The molecule has 1 aliphatic carbocycles. The van der Waals surface area contributed by atoms with Gasteiger partial charge in [-0.3, -0.25) is 0 Å². The summed E-state index contributed by atoms with van der Waals surface area (Å²) in [5, 5.41) is 4.11. The van der Waals surface area contributed by atoms with Crippen LogP contribution in [0.25, 0.3) is 0 Å². The molecule has 1 fully saturated rings. The minimum atomic E-state index is 0.463. The fourth-order valence-electron chi connectivity index (χ4n) is 1.65. The number of benzene rings is 1. The van der Waals surface area contributed by atoms with E-state index in [2.05, 4.69) is 25.2 Å². The Kier molecular flexibility index (Phi) is 4.30. The third-order valence-corrected chi connectivity index (χ3v) is 3.21. The summed E-state index contributed by atoms with van der Waals surface area (Å²) in [6, 6.07) is 6.40. The molecule has 0 aliphatic heterocycles. The quantitative estimate of drug-likeness (QED) is 0.836. The van der Waals surface area contributed by atoms with Crippen LogP contribution in [0.2, 0.25) is 5.02 Å². The highest BCUT2D eigenvalue weighted by Gasteiger charge is 2.22. The van der Waals surface area contributed by atoms with Crippen LogP contribution in [0, 0.1) is 5.92 Å². The summed E-state index contributed by atoms with van der Waals surface area (Å²) in [7, 11) is 0. The second-order valence-electron chi connectivity index (χ2n) is 5.02. The van der Waals surface area contributed by atoms with Crippen LogP contribution in [-0.4, -0.2) is 12.6 Å². The van der Waals surface area contributed by atoms with Crippen LogP contribution >= 0.6 is 11.6 Å². The maximum atomic E-state index is 6.20. The molecular weight excluding hydrogens is 234 g/mol. The molecule has 0 spiro atoms. The highest BCUT2D eigenvalue weighted by molar-refractivity contribution is 6.32. The summed E-state index contributed by atoms with van der Waals surface area (Å²) in [5.74, 6) is 1.60. The van der Waals surface area contributed by atoms with Gasteiger partial charge in [-0.25, -0.2) is 0 Å². The number of halogens is 1. The van der Waals surface area contributed by atoms with Gasteiger partial charge in [-0.2, -0.15) is 0 Å². The molecule has 17 heavy (non-hydrogen) atoms. The van der Waals surface area contributed by atoms with Gasteiger partial charge in [0.2, 0.25) is 0 Å². The maximum Gasteiger partial charge on any atom is 0.142 e. The maximum absolute atomic E-state index is 6.20. The predicted molar refractivity (Wildman–Crippen MR) is 71.6 cm³/mol. The number of hydrogen-bond donors (Lipinski definition) is 1. The molecule has 0 saturated heterocycles. The fraction of sp³-hybridized carbons (Fsp3) is 0.571. The van der Waals surface area contributed by atoms with E-state index in [1.165, 1.54) is 12.8 Å². The largest absolute Gasteiger partial charge is 0.491 e. The Balaban J connectivity index is 2.03. The summed E-state index contributed by atoms with van der Waals surface area (Å²) in [4.78, 5) is 0. The zero-order chi connectivity index (χ0) is 12.3. The first-order valence-corrected chi connectivity index (χ1v) is 6.68. The van der Waals surface area contributed by atoms with Gasteiger partial charge in [0, 0.05) is 18.2 Å². The molecule has 0 atom stereocenters. The first kappa shape index (κ1) is 12.7. The third-order valence-electron chi connectivity index (χ3n) is 2.91. The van der Waals surface area contributed by atoms with Crippen LogP contribution in [0.4, 0.5) is 0 Å². The molecule has 2 rings (SSSR count). The fourth-order valence-corrected chi connectivity index (χ4v) is 1.90. The smallest absolute Gasteiger partial charge is 0.142 e. The molecule has 1 aliphatic rings. The van der Waals surface area contributed by atoms with Gasteiger partial charge in [-0.15, -0.1) is 0 Å². The zero-order valence-corrected chi connectivity index (χ0v) is 11.3. The molecule has 0 bridgehead atoms. The molecule has 0 aromatic heterocycles. The Hall–Kier alpha value is -0.730. The van der Waals surface area contributed by atoms with E-state index in [4.69, 9.17) is 16.3 Å². The molecule has 0 heterocycles. The normalized spacial score (nSPS) is 15.3. The van der Waals surface area contributed by atoms with Crippen LogP contribution < -0.4 is 10.1 Å². The van der Waals surface area contributed by atoms with Gasteiger partial charge in [0.1, 0.15) is 5.75 Å². The minimum Gasteiger partial charge on any atom is -0.491 e. The summed E-state index contributed by atoms with van der Waals surface area (Å²) in [6.45, 7) is 5.88. The SMILES string of the molecule is CC(C)NCc1cccc(Cl)c1OCC1CC1. The molecule has 1 aromatic rings. The number of ether oxygens (including phenoxy) is 1. The Morgan fingerprint density at radius 3 is 2.82 bits per heavy atom. The Labute approximate surface area is 108 Å². The summed E-state index contributed by atoms with van der Waals surface area (Å²) in [5.41, 5.74) is 1.15. The molecule has 0 amide bonds. The molecular formula is C14H20ClNO. The van der Waals surface area contributed by atoms with Crippen molar-refractivity contribution in [1.82, 2.24) is 5.32 Å². The van der Waals surface area contributed by atoms with Crippen molar-refractivity contribution in [2.75, 3.05) is 6.61 Å². The lowest BCUT2D eigenvalue weighted by atomic mass is 10.2. The summed E-state index contributed by atoms with van der Waals surface area (Å²) in [6.07, 6.45) is 2.59. The Morgan fingerprint density at radius 1 is 1.41 bits per heavy atom. The van der Waals surface area contributed by atoms with Crippen molar-refractivity contribution in [1.29, 1.82) is 0 Å². The second kappa shape index (κ2) is 5.74. The average molecular weight is 254 g/mol. The van der Waals surface area contributed by atoms with Crippen molar-refractivity contribution in [2.24, 2.45) is 5.92 Å². The lowest BCUT2D eigenvalue weighted by Gasteiger charge is -2.14. The number of rotatable bonds is 6. The lowest BCUT2D eigenvalue weighted by molar-refractivity contribution is 0.296. The highest BCUT2D eigenvalue weighted by atomic mass is 35.5. The van der Waals surface area contributed by atoms with Crippen molar-refractivity contribution in [3.05, 3.63) is 28.8 Å². The zero-order valence-electron chi connectivity index (χ0n) is 10.5. The van der Waals surface area contributed by atoms with E-state index in [-0.39, 0.29) is 0 Å². The predicted octanol–water partition coefficient (Wildman–Crippen LogP) is 3.63. The number of nitrogens with one attached hydrogen (secondary N) is 1. The number of hydrogen-bond acceptors (Lipinski definition) is 2. The van der Waals surface area contributed by atoms with Crippen molar-refractivity contribution in [3.63, 3.8) is 0 Å². The van der Waals surface area contributed by atoms with Gasteiger partial charge < -0.3 is 10.1 Å². The van der Waals surface area contributed by atoms with Gasteiger partial charge >= 0.3 is 0 Å². The van der Waals surface area contributed by atoms with Crippen LogP contribution in [0.15, 0.2) is 18.2 Å². The van der Waals surface area contributed by atoms with Crippen molar-refractivity contribution in [2.45, 2.75) is 39.3 Å². The molecule has 1 N–H and O–H groups in total. The standard InChI is InChI=1S/C14H20ClNO/c1-10(2)16-8-12-4-3-5-13(15)14(12)17-9-11-6-7-11/h3-5,10-11,16H,6-9H2,1-2H3. The second-order valence-corrected chi connectivity index (χ2v) is 5.43. The molecule has 1 aromatic carbocycles. The van der Waals surface area contributed by atoms with Crippen LogP contribution in [0.1, 0.15) is 32.3 Å². The molecule has 2 nitrogen and oxygen atoms in total. The van der Waals surface area contributed by atoms with Crippen LogP contribution in [-0.2, 0) is 6.54 Å². The monoisotopic (exact) mass is 253 g/mol. The Morgan fingerprint density at radius 2 is 2.18 bits per heavy atom. The van der Waals surface area contributed by atoms with E-state index in [1.54, 1.807) is 0 Å². The van der Waals surface area contributed by atoms with Crippen LogP contribution in [0.5, 0.6) is 5.75 Å². The minimum absolute atomic E-state index is 0.463. The Bertz CT molecular complexity index is 374. The van der Waals surface area contributed by atoms with Crippen molar-refractivity contribution >= 4 is 11.6 Å². The van der Waals surface area contributed by atoms with E-state index in [1.807, 2.05) is 12.1 Å². The van der Waals surface area contributed by atoms with E-state index >= 15 is 0 Å². The van der Waals surface area contributed by atoms with Gasteiger partial charge in [-0.05, 0) is 24.8 Å². The third kappa shape index (κ3) is 3.90. The summed E-state index contributed by atoms with van der Waals surface area (Å²) >= 11 is 6.20. The van der Waals surface area contributed by atoms with Gasteiger partial charge in [0.25, 0.3) is 0 Å². The summed E-state index contributed by atoms with van der Waals surface area (Å²) < 4.78 is 5.85. The van der Waals surface area contributed by atoms with Gasteiger partial charge in [-0.1, -0.05) is 37.6 Å². The van der Waals surface area contributed by atoms with E-state index in [0.717, 1.165) is 30.4 Å². The molecule has 3 heteroatoms. The number of para-hydroxylation sites is 1. The van der Waals surface area contributed by atoms with Gasteiger partial charge in [0.05, 0.1) is 11.6 Å². The topological polar surface area (TPSA) is 21.3 Å². The van der Waals surface area contributed by atoms with E-state index in [0.29, 0.717) is 11.1 Å². The lowest BCUT2D eigenvalue weighted by Crippen LogP contribution is -2.22. The first-order chi connectivity index (χ1) is 8.16. The van der Waals surface area contributed by atoms with E-state index < -0.39 is 0 Å². The molecule has 1 saturated carbocycles. The molecule has 0 radical (unpaired) electrons. The van der Waals surface area contributed by atoms with Crippen molar-refractivity contribution in [3.8, 4) is 5.75 Å². The highest BCUT2D eigenvalue weighted by Crippen LogP contribution is 2.33.